The van der Waals surface area contributed by atoms with Crippen LogP contribution in [0.25, 0.3) is 17.4 Å². The summed E-state index contributed by atoms with van der Waals surface area (Å²) in [5.41, 5.74) is 1.95. The standard InChI is InChI=1S/C29H24BrClN2O5S/c1-15(2)37-28(35)25-16(3)32-29-33(26(25)21-13-18(30)7-11-23(21)36-4)27(34)24(39-29)14-20-10-12-22(38-20)17-5-8-19(31)9-6-17/h5-15,26H,1-4H3/b24-14-/t26-/m0/s1. The molecule has 10 heteroatoms. The van der Waals surface area contributed by atoms with Crippen LogP contribution >= 0.6 is 38.9 Å². The lowest BCUT2D eigenvalue weighted by molar-refractivity contribution is -0.143. The maximum atomic E-state index is 13.9. The Labute approximate surface area is 241 Å². The summed E-state index contributed by atoms with van der Waals surface area (Å²) in [6.45, 7) is 5.30. The number of fused-ring (bicyclic) bond motifs is 1. The van der Waals surface area contributed by atoms with Crippen molar-refractivity contribution in [2.24, 2.45) is 4.99 Å². The number of nitrogens with zero attached hydrogens (tertiary/aromatic N) is 2. The fraction of sp³-hybridized carbons (Fsp3) is 0.207. The molecule has 2 aromatic heterocycles. The molecule has 1 aliphatic rings. The van der Waals surface area contributed by atoms with E-state index in [-0.39, 0.29) is 17.2 Å². The van der Waals surface area contributed by atoms with Gasteiger partial charge in [0.2, 0.25) is 0 Å². The predicted molar refractivity (Wildman–Crippen MR) is 155 cm³/mol. The van der Waals surface area contributed by atoms with Gasteiger partial charge in [-0.2, -0.15) is 0 Å². The number of halogens is 2. The van der Waals surface area contributed by atoms with Gasteiger partial charge in [0.1, 0.15) is 23.3 Å². The Morgan fingerprint density at radius 3 is 2.62 bits per heavy atom. The Morgan fingerprint density at radius 2 is 1.92 bits per heavy atom. The number of methoxy groups -OCH3 is 1. The molecule has 0 bridgehead atoms. The van der Waals surface area contributed by atoms with Crippen LogP contribution in [-0.4, -0.2) is 23.8 Å². The largest absolute Gasteiger partial charge is 0.496 e. The second kappa shape index (κ2) is 11.0. The SMILES string of the molecule is COc1ccc(Br)cc1[C@H]1C(C(=O)OC(C)C)=C(C)N=c2s/c(=C\c3ccc(-c4ccc(Cl)cc4)o3)c(=O)n21. The van der Waals surface area contributed by atoms with Gasteiger partial charge in [0.15, 0.2) is 4.80 Å². The Kier molecular flexibility index (Phi) is 7.66. The molecule has 200 valence electrons. The van der Waals surface area contributed by atoms with Crippen LogP contribution in [-0.2, 0) is 9.53 Å². The fourth-order valence-electron chi connectivity index (χ4n) is 4.40. The van der Waals surface area contributed by atoms with Gasteiger partial charge in [-0.05, 0) is 75.4 Å². The van der Waals surface area contributed by atoms with Crippen molar-refractivity contribution in [2.45, 2.75) is 32.9 Å². The number of carbonyl (C=O) groups excluding carboxylic acids is 1. The molecule has 0 unspecified atom stereocenters. The van der Waals surface area contributed by atoms with E-state index in [1.54, 1.807) is 58.2 Å². The van der Waals surface area contributed by atoms with E-state index in [2.05, 4.69) is 20.9 Å². The van der Waals surface area contributed by atoms with Gasteiger partial charge in [-0.1, -0.05) is 38.9 Å². The minimum absolute atomic E-state index is 0.280. The molecule has 0 fully saturated rings. The number of carbonyl (C=O) groups is 1. The lowest BCUT2D eigenvalue weighted by atomic mass is 9.95. The maximum Gasteiger partial charge on any atom is 0.338 e. The van der Waals surface area contributed by atoms with Crippen LogP contribution in [0.3, 0.4) is 0 Å². The first-order chi connectivity index (χ1) is 18.7. The van der Waals surface area contributed by atoms with Crippen LogP contribution in [0.5, 0.6) is 5.75 Å². The highest BCUT2D eigenvalue weighted by atomic mass is 79.9. The van der Waals surface area contributed by atoms with E-state index in [0.717, 1.165) is 10.0 Å². The predicted octanol–water partition coefficient (Wildman–Crippen LogP) is 5.87. The van der Waals surface area contributed by atoms with Crippen LogP contribution in [0.2, 0.25) is 5.02 Å². The third-order valence-electron chi connectivity index (χ3n) is 6.10. The second-order valence-electron chi connectivity index (χ2n) is 9.13. The van der Waals surface area contributed by atoms with Crippen molar-refractivity contribution in [2.75, 3.05) is 7.11 Å². The highest BCUT2D eigenvalue weighted by molar-refractivity contribution is 9.10. The van der Waals surface area contributed by atoms with Crippen molar-refractivity contribution in [1.82, 2.24) is 4.57 Å². The summed E-state index contributed by atoms with van der Waals surface area (Å²) in [6, 6.07) is 15.6. The number of furan rings is 1. The summed E-state index contributed by atoms with van der Waals surface area (Å²) in [7, 11) is 1.55. The number of thiazole rings is 1. The van der Waals surface area contributed by atoms with Gasteiger partial charge in [0, 0.05) is 26.7 Å². The summed E-state index contributed by atoms with van der Waals surface area (Å²) >= 11 is 10.7. The molecule has 3 heterocycles. The molecule has 2 aromatic carbocycles. The summed E-state index contributed by atoms with van der Waals surface area (Å²) in [6.07, 6.45) is 1.34. The monoisotopic (exact) mass is 626 g/mol. The minimum atomic E-state index is -0.802. The first-order valence-corrected chi connectivity index (χ1v) is 14.1. The van der Waals surface area contributed by atoms with Crippen molar-refractivity contribution in [3.63, 3.8) is 0 Å². The lowest BCUT2D eigenvalue weighted by Gasteiger charge is -2.26. The molecule has 0 aliphatic carbocycles. The van der Waals surface area contributed by atoms with Crippen LogP contribution in [0, 0.1) is 0 Å². The van der Waals surface area contributed by atoms with E-state index in [1.807, 2.05) is 30.3 Å². The van der Waals surface area contributed by atoms with E-state index < -0.39 is 12.0 Å². The number of hydrogen-bond donors (Lipinski definition) is 0. The van der Waals surface area contributed by atoms with Crippen molar-refractivity contribution in [3.05, 3.63) is 106 Å². The molecule has 0 N–H and O–H groups in total. The molecule has 0 saturated heterocycles. The molecule has 0 spiro atoms. The van der Waals surface area contributed by atoms with Crippen molar-refractivity contribution in [1.29, 1.82) is 0 Å². The quantitative estimate of drug-likeness (QED) is 0.250. The highest BCUT2D eigenvalue weighted by Gasteiger charge is 2.35. The molecule has 39 heavy (non-hydrogen) atoms. The minimum Gasteiger partial charge on any atom is -0.496 e. The van der Waals surface area contributed by atoms with Crippen LogP contribution in [0.1, 0.15) is 38.1 Å². The Bertz CT molecular complexity index is 1780. The third-order valence-corrected chi connectivity index (χ3v) is 7.83. The topological polar surface area (TPSA) is 83.0 Å². The van der Waals surface area contributed by atoms with Crippen molar-refractivity contribution < 1.29 is 18.7 Å². The first-order valence-electron chi connectivity index (χ1n) is 12.1. The molecule has 1 aliphatic heterocycles. The van der Waals surface area contributed by atoms with Crippen molar-refractivity contribution in [3.8, 4) is 17.1 Å². The summed E-state index contributed by atoms with van der Waals surface area (Å²) in [4.78, 5) is 32.3. The number of benzene rings is 2. The number of aromatic nitrogens is 1. The van der Waals surface area contributed by atoms with E-state index in [9.17, 15) is 9.59 Å². The molecule has 0 amide bonds. The van der Waals surface area contributed by atoms with Gasteiger partial charge in [-0.15, -0.1) is 0 Å². The number of rotatable bonds is 6. The smallest absolute Gasteiger partial charge is 0.338 e. The number of esters is 1. The van der Waals surface area contributed by atoms with Gasteiger partial charge < -0.3 is 13.9 Å². The summed E-state index contributed by atoms with van der Waals surface area (Å²) in [5.74, 6) is 1.15. The summed E-state index contributed by atoms with van der Waals surface area (Å²) in [5, 5.41) is 0.634. The molecule has 7 nitrogen and oxygen atoms in total. The van der Waals surface area contributed by atoms with Crippen molar-refractivity contribution >= 4 is 50.9 Å². The first kappa shape index (κ1) is 27.2. The summed E-state index contributed by atoms with van der Waals surface area (Å²) < 4.78 is 19.9. The van der Waals surface area contributed by atoms with E-state index >= 15 is 0 Å². The molecular formula is C29H24BrClN2O5S. The third kappa shape index (κ3) is 5.39. The lowest BCUT2D eigenvalue weighted by Crippen LogP contribution is -2.40. The zero-order chi connectivity index (χ0) is 27.8. The van der Waals surface area contributed by atoms with Crippen LogP contribution in [0.15, 0.2) is 84.5 Å². The average molecular weight is 628 g/mol. The Balaban J connectivity index is 1.67. The second-order valence-corrected chi connectivity index (χ2v) is 11.5. The maximum absolute atomic E-state index is 13.9. The zero-order valence-corrected chi connectivity index (χ0v) is 24.7. The van der Waals surface area contributed by atoms with E-state index in [0.29, 0.717) is 42.9 Å². The number of hydrogen-bond acceptors (Lipinski definition) is 7. The molecule has 0 radical (unpaired) electrons. The fourth-order valence-corrected chi connectivity index (χ4v) is 5.93. The van der Waals surface area contributed by atoms with Gasteiger partial charge in [0.25, 0.3) is 5.56 Å². The van der Waals surface area contributed by atoms with Gasteiger partial charge in [-0.25, -0.2) is 9.79 Å². The normalized spacial score (nSPS) is 15.4. The zero-order valence-electron chi connectivity index (χ0n) is 21.5. The Hall–Kier alpha value is -3.40. The van der Waals surface area contributed by atoms with Gasteiger partial charge in [-0.3, -0.25) is 9.36 Å². The Morgan fingerprint density at radius 1 is 1.18 bits per heavy atom. The van der Waals surface area contributed by atoms with Gasteiger partial charge in [0.05, 0.1) is 29.0 Å². The van der Waals surface area contributed by atoms with Crippen LogP contribution in [0.4, 0.5) is 0 Å². The highest BCUT2D eigenvalue weighted by Crippen LogP contribution is 2.37. The molecule has 5 rings (SSSR count). The molecule has 4 aromatic rings. The van der Waals surface area contributed by atoms with E-state index in [1.165, 1.54) is 15.9 Å². The molecule has 0 saturated carbocycles. The number of ether oxygens (including phenoxy) is 2. The molecular weight excluding hydrogens is 604 g/mol. The van der Waals surface area contributed by atoms with Crippen LogP contribution < -0.4 is 19.6 Å². The molecule has 1 atom stereocenters. The van der Waals surface area contributed by atoms with E-state index in [4.69, 9.17) is 25.5 Å². The average Bonchev–Trinajstić information content (AvgIpc) is 3.47. The number of allylic oxidation sites excluding steroid dienone is 1. The van der Waals surface area contributed by atoms with Gasteiger partial charge >= 0.3 is 5.97 Å².